The summed E-state index contributed by atoms with van der Waals surface area (Å²) in [6.45, 7) is 15.1. The van der Waals surface area contributed by atoms with Crippen LogP contribution in [0.25, 0.3) is 0 Å². The summed E-state index contributed by atoms with van der Waals surface area (Å²) in [5.74, 6) is 0. The Labute approximate surface area is 158 Å². The van der Waals surface area contributed by atoms with Gasteiger partial charge in [-0.25, -0.2) is 0 Å². The van der Waals surface area contributed by atoms with Crippen LogP contribution in [0.2, 0.25) is 23.2 Å². The van der Waals surface area contributed by atoms with E-state index in [1.807, 2.05) is 13.0 Å². The summed E-state index contributed by atoms with van der Waals surface area (Å²) >= 11 is 6.26. The van der Waals surface area contributed by atoms with Gasteiger partial charge < -0.3 is 15.1 Å². The molecule has 0 aliphatic carbocycles. The zero-order valence-electron chi connectivity index (χ0n) is 16.2. The van der Waals surface area contributed by atoms with Gasteiger partial charge in [-0.3, -0.25) is 0 Å². The number of benzene rings is 1. The average molecular weight is 380 g/mol. The van der Waals surface area contributed by atoms with Gasteiger partial charge in [-0.05, 0) is 55.7 Å². The van der Waals surface area contributed by atoms with Crippen molar-refractivity contribution in [2.45, 2.75) is 64.4 Å². The van der Waals surface area contributed by atoms with E-state index in [1.54, 1.807) is 6.07 Å². The highest BCUT2D eigenvalue weighted by Gasteiger charge is 2.41. The van der Waals surface area contributed by atoms with Crippen LogP contribution in [0.3, 0.4) is 0 Å². The molecule has 1 aromatic rings. The molecule has 1 heterocycles. The summed E-state index contributed by atoms with van der Waals surface area (Å²) in [4.78, 5) is 0. The quantitative estimate of drug-likeness (QED) is 0.729. The van der Waals surface area contributed by atoms with Crippen molar-refractivity contribution in [3.8, 4) is 6.07 Å². The number of nitriles is 1. The average Bonchev–Trinajstić information content (AvgIpc) is 2.94. The monoisotopic (exact) mass is 379 g/mol. The van der Waals surface area contributed by atoms with Gasteiger partial charge in [-0.15, -0.1) is 0 Å². The Bertz CT molecular complexity index is 664. The van der Waals surface area contributed by atoms with E-state index in [0.717, 1.165) is 30.8 Å². The van der Waals surface area contributed by atoms with E-state index >= 15 is 0 Å². The van der Waals surface area contributed by atoms with Gasteiger partial charge in [0.15, 0.2) is 8.32 Å². The number of hydrogen-bond donors (Lipinski definition) is 2. The lowest BCUT2D eigenvalue weighted by Gasteiger charge is -2.39. The lowest BCUT2D eigenvalue weighted by molar-refractivity contribution is 0.170. The Hall–Kier alpha value is -1.06. The first-order chi connectivity index (χ1) is 11.6. The third-order valence-corrected chi connectivity index (χ3v) is 10.5. The van der Waals surface area contributed by atoms with Crippen LogP contribution in [-0.4, -0.2) is 33.6 Å². The fourth-order valence-corrected chi connectivity index (χ4v) is 4.43. The van der Waals surface area contributed by atoms with E-state index < -0.39 is 8.32 Å². The van der Waals surface area contributed by atoms with Crippen molar-refractivity contribution >= 4 is 25.6 Å². The van der Waals surface area contributed by atoms with Crippen LogP contribution < -0.4 is 10.6 Å². The summed E-state index contributed by atoms with van der Waals surface area (Å²) in [7, 11) is -1.78. The maximum atomic E-state index is 9.07. The largest absolute Gasteiger partial charge is 0.412 e. The van der Waals surface area contributed by atoms with E-state index in [-0.39, 0.29) is 17.2 Å². The van der Waals surface area contributed by atoms with E-state index in [0.29, 0.717) is 10.6 Å². The molecule has 1 saturated heterocycles. The fourth-order valence-electron chi connectivity index (χ4n) is 2.83. The smallest absolute Gasteiger partial charge is 0.192 e. The maximum absolute atomic E-state index is 9.07. The van der Waals surface area contributed by atoms with E-state index in [1.165, 1.54) is 0 Å². The van der Waals surface area contributed by atoms with E-state index in [4.69, 9.17) is 21.3 Å². The Morgan fingerprint density at radius 1 is 1.40 bits per heavy atom. The van der Waals surface area contributed by atoms with Crippen molar-refractivity contribution in [1.29, 1.82) is 5.26 Å². The lowest BCUT2D eigenvalue weighted by atomic mass is 10.1. The summed E-state index contributed by atoms with van der Waals surface area (Å²) in [6.07, 6.45) is 1.29. The highest BCUT2D eigenvalue weighted by Crippen LogP contribution is 2.38. The van der Waals surface area contributed by atoms with E-state index in [9.17, 15) is 0 Å². The van der Waals surface area contributed by atoms with Crippen LogP contribution in [0.4, 0.5) is 5.69 Å². The summed E-state index contributed by atoms with van der Waals surface area (Å²) in [6, 6.07) is 6.10. The Morgan fingerprint density at radius 2 is 2.08 bits per heavy atom. The molecule has 0 bridgehead atoms. The van der Waals surface area contributed by atoms with Gasteiger partial charge in [0.2, 0.25) is 0 Å². The fraction of sp³-hybridized carbons (Fsp3) is 0.632. The van der Waals surface area contributed by atoms with Crippen LogP contribution in [0.5, 0.6) is 0 Å². The number of hydrogen-bond acceptors (Lipinski definition) is 4. The Morgan fingerprint density at radius 3 is 2.68 bits per heavy atom. The van der Waals surface area contributed by atoms with Crippen LogP contribution in [0.15, 0.2) is 12.1 Å². The second kappa shape index (κ2) is 7.67. The second-order valence-electron chi connectivity index (χ2n) is 8.36. The normalized spacial score (nSPS) is 21.2. The summed E-state index contributed by atoms with van der Waals surface area (Å²) < 4.78 is 6.62. The molecule has 6 heteroatoms. The molecule has 2 atom stereocenters. The minimum Gasteiger partial charge on any atom is -0.412 e. The van der Waals surface area contributed by atoms with Crippen molar-refractivity contribution in [1.82, 2.24) is 5.32 Å². The first-order valence-electron chi connectivity index (χ1n) is 8.91. The Kier molecular flexibility index (Phi) is 6.21. The predicted octanol–water partition coefficient (Wildman–Crippen LogP) is 4.68. The molecule has 1 aliphatic rings. The molecule has 2 rings (SSSR count). The molecule has 2 N–H and O–H groups in total. The van der Waals surface area contributed by atoms with Gasteiger partial charge >= 0.3 is 0 Å². The van der Waals surface area contributed by atoms with Gasteiger partial charge in [-0.1, -0.05) is 32.4 Å². The molecule has 138 valence electrons. The number of nitrogens with zero attached hydrogens (tertiary/aromatic N) is 1. The van der Waals surface area contributed by atoms with Gasteiger partial charge in [-0.2, -0.15) is 5.26 Å². The molecular weight excluding hydrogens is 350 g/mol. The molecule has 1 fully saturated rings. The SMILES string of the molecule is Cc1c(NC[C@H]2NCC[C@H]2O[Si](C)(C)C(C)(C)C)ccc(C#N)c1Cl. The highest BCUT2D eigenvalue weighted by atomic mass is 35.5. The highest BCUT2D eigenvalue weighted by molar-refractivity contribution is 6.74. The standard InChI is InChI=1S/C19H30ClN3OSi/c1-13-15(8-7-14(11-21)18(13)20)23-12-16-17(9-10-22-16)24-25(5,6)19(2,3)4/h7-8,16-17,22-23H,9-10,12H2,1-6H3/t16-,17-/m1/s1. The van der Waals surface area contributed by atoms with Gasteiger partial charge in [0.25, 0.3) is 0 Å². The molecular formula is C19H30ClN3OSi. The number of rotatable bonds is 5. The molecule has 0 spiro atoms. The van der Waals surface area contributed by atoms with Crippen molar-refractivity contribution in [2.24, 2.45) is 0 Å². The number of nitrogens with one attached hydrogen (secondary N) is 2. The lowest BCUT2D eigenvalue weighted by Crippen LogP contribution is -2.48. The van der Waals surface area contributed by atoms with Crippen molar-refractivity contribution < 1.29 is 4.43 Å². The molecule has 1 aromatic carbocycles. The number of anilines is 1. The molecule has 0 saturated carbocycles. The van der Waals surface area contributed by atoms with Gasteiger partial charge in [0.1, 0.15) is 6.07 Å². The third-order valence-electron chi connectivity index (χ3n) is 5.56. The Balaban J connectivity index is 2.03. The molecule has 25 heavy (non-hydrogen) atoms. The van der Waals surface area contributed by atoms with Gasteiger partial charge in [0.05, 0.1) is 16.7 Å². The summed E-state index contributed by atoms with van der Waals surface area (Å²) in [5, 5.41) is 16.8. The minimum atomic E-state index is -1.78. The van der Waals surface area contributed by atoms with Crippen molar-refractivity contribution in [2.75, 3.05) is 18.4 Å². The second-order valence-corrected chi connectivity index (χ2v) is 13.5. The van der Waals surface area contributed by atoms with Crippen LogP contribution in [-0.2, 0) is 4.43 Å². The van der Waals surface area contributed by atoms with E-state index in [2.05, 4.69) is 50.6 Å². The predicted molar refractivity (Wildman–Crippen MR) is 108 cm³/mol. The zero-order chi connectivity index (χ0) is 18.8. The first kappa shape index (κ1) is 20.3. The van der Waals surface area contributed by atoms with Crippen LogP contribution in [0.1, 0.15) is 38.3 Å². The van der Waals surface area contributed by atoms with Crippen molar-refractivity contribution in [3.63, 3.8) is 0 Å². The summed E-state index contributed by atoms with van der Waals surface area (Å²) in [5.41, 5.74) is 2.41. The molecule has 0 unspecified atom stereocenters. The minimum absolute atomic E-state index is 0.213. The topological polar surface area (TPSA) is 57.1 Å². The molecule has 1 aliphatic heterocycles. The van der Waals surface area contributed by atoms with Gasteiger partial charge in [0, 0.05) is 18.3 Å². The third kappa shape index (κ3) is 4.56. The number of halogens is 1. The van der Waals surface area contributed by atoms with Crippen molar-refractivity contribution in [3.05, 3.63) is 28.3 Å². The zero-order valence-corrected chi connectivity index (χ0v) is 17.9. The molecule has 0 amide bonds. The molecule has 0 radical (unpaired) electrons. The maximum Gasteiger partial charge on any atom is 0.192 e. The molecule has 0 aromatic heterocycles. The van der Waals surface area contributed by atoms with Crippen LogP contribution in [0, 0.1) is 18.3 Å². The molecule has 4 nitrogen and oxygen atoms in total. The first-order valence-corrected chi connectivity index (χ1v) is 12.2. The van der Waals surface area contributed by atoms with Crippen LogP contribution >= 0.6 is 11.6 Å².